The van der Waals surface area contributed by atoms with E-state index in [1.807, 2.05) is 31.2 Å². The van der Waals surface area contributed by atoms with Crippen LogP contribution in [0.4, 0.5) is 0 Å². The molecular formula is C31H37N3O4. The van der Waals surface area contributed by atoms with Gasteiger partial charge in [0.2, 0.25) is 0 Å². The molecule has 0 aliphatic carbocycles. The number of hydrogen-bond donors (Lipinski definition) is 1. The van der Waals surface area contributed by atoms with Gasteiger partial charge in [0, 0.05) is 45.7 Å². The van der Waals surface area contributed by atoms with E-state index in [2.05, 4.69) is 33.9 Å². The third-order valence-corrected chi connectivity index (χ3v) is 8.14. The maximum absolute atomic E-state index is 6.34. The van der Waals surface area contributed by atoms with Crippen LogP contribution in [0.25, 0.3) is 21.8 Å². The number of aromatic nitrogens is 2. The highest BCUT2D eigenvalue weighted by Gasteiger charge is 2.39. The number of benzene rings is 2. The predicted molar refractivity (Wildman–Crippen MR) is 150 cm³/mol. The highest BCUT2D eigenvalue weighted by atomic mass is 16.5. The molecule has 0 bridgehead atoms. The second-order valence-electron chi connectivity index (χ2n) is 10.9. The molecule has 2 fully saturated rings. The standard InChI is InChI=1S/C31H37N3O4/c1-21-16-23-17-24(6-7-26(23)33-21)38-27-8-11-32-29-22(2)30(28(35-3)18-25(27)29)37-15-5-13-34-12-4-9-31(10-14-34)19-36-20-31/h6-8,11,16-18,33H,4-5,9-10,12-15,19-20H2,1-3H3. The maximum atomic E-state index is 6.34. The van der Waals surface area contributed by atoms with Crippen molar-refractivity contribution in [2.45, 2.75) is 39.5 Å². The zero-order valence-electron chi connectivity index (χ0n) is 22.6. The van der Waals surface area contributed by atoms with Gasteiger partial charge < -0.3 is 28.8 Å². The zero-order valence-corrected chi connectivity index (χ0v) is 22.6. The minimum absolute atomic E-state index is 0.463. The number of aryl methyl sites for hydroxylation is 2. The Morgan fingerprint density at radius 2 is 1.95 bits per heavy atom. The number of pyridine rings is 1. The quantitative estimate of drug-likeness (QED) is 0.274. The summed E-state index contributed by atoms with van der Waals surface area (Å²) < 4.78 is 23.9. The number of nitrogens with one attached hydrogen (secondary N) is 1. The van der Waals surface area contributed by atoms with Crippen molar-refractivity contribution < 1.29 is 18.9 Å². The first-order chi connectivity index (χ1) is 18.5. The Kier molecular flexibility index (Phi) is 6.89. The van der Waals surface area contributed by atoms with Crippen molar-refractivity contribution in [3.8, 4) is 23.0 Å². The topological polar surface area (TPSA) is 68.8 Å². The Labute approximate surface area is 224 Å². The lowest BCUT2D eigenvalue weighted by Gasteiger charge is -2.40. The molecule has 1 N–H and O–H groups in total. The molecule has 0 atom stereocenters. The molecule has 0 saturated carbocycles. The molecule has 2 aliphatic rings. The summed E-state index contributed by atoms with van der Waals surface area (Å²) in [4.78, 5) is 10.6. The lowest BCUT2D eigenvalue weighted by Crippen LogP contribution is -2.43. The summed E-state index contributed by atoms with van der Waals surface area (Å²) in [7, 11) is 1.68. The van der Waals surface area contributed by atoms with E-state index in [0.717, 1.165) is 83.0 Å². The van der Waals surface area contributed by atoms with Gasteiger partial charge in [0.25, 0.3) is 0 Å². The van der Waals surface area contributed by atoms with Gasteiger partial charge in [-0.3, -0.25) is 4.98 Å². The van der Waals surface area contributed by atoms with Gasteiger partial charge in [0.05, 0.1) is 32.4 Å². The van der Waals surface area contributed by atoms with Crippen LogP contribution in [0, 0.1) is 19.3 Å². The number of rotatable bonds is 8. The van der Waals surface area contributed by atoms with Crippen LogP contribution in [0.15, 0.2) is 42.6 Å². The van der Waals surface area contributed by atoms with Gasteiger partial charge in [-0.15, -0.1) is 0 Å². The number of aromatic amines is 1. The van der Waals surface area contributed by atoms with Crippen molar-refractivity contribution in [3.63, 3.8) is 0 Å². The van der Waals surface area contributed by atoms with E-state index in [1.165, 1.54) is 25.8 Å². The van der Waals surface area contributed by atoms with Gasteiger partial charge in [0.1, 0.15) is 11.5 Å². The van der Waals surface area contributed by atoms with Gasteiger partial charge in [-0.2, -0.15) is 0 Å². The number of nitrogens with zero attached hydrogens (tertiary/aromatic N) is 2. The number of methoxy groups -OCH3 is 1. The van der Waals surface area contributed by atoms with Gasteiger partial charge >= 0.3 is 0 Å². The van der Waals surface area contributed by atoms with E-state index >= 15 is 0 Å². The van der Waals surface area contributed by atoms with Crippen LogP contribution in [-0.2, 0) is 4.74 Å². The molecule has 7 heteroatoms. The summed E-state index contributed by atoms with van der Waals surface area (Å²) in [6.45, 7) is 10.0. The maximum Gasteiger partial charge on any atom is 0.166 e. The molecule has 0 unspecified atom stereocenters. The highest BCUT2D eigenvalue weighted by molar-refractivity contribution is 5.91. The summed E-state index contributed by atoms with van der Waals surface area (Å²) in [6, 6.07) is 12.1. The molecule has 38 heavy (non-hydrogen) atoms. The van der Waals surface area contributed by atoms with Crippen LogP contribution in [0.1, 0.15) is 36.9 Å². The van der Waals surface area contributed by atoms with Crippen molar-refractivity contribution in [1.29, 1.82) is 0 Å². The predicted octanol–water partition coefficient (Wildman–Crippen LogP) is 6.41. The van der Waals surface area contributed by atoms with E-state index in [4.69, 9.17) is 18.9 Å². The Morgan fingerprint density at radius 3 is 2.76 bits per heavy atom. The Morgan fingerprint density at radius 1 is 1.05 bits per heavy atom. The summed E-state index contributed by atoms with van der Waals surface area (Å²) in [5.41, 5.74) is 4.51. The first-order valence-corrected chi connectivity index (χ1v) is 13.7. The normalized spacial score (nSPS) is 17.4. The molecule has 2 aromatic heterocycles. The smallest absolute Gasteiger partial charge is 0.166 e. The van der Waals surface area contributed by atoms with E-state index in [9.17, 15) is 0 Å². The average Bonchev–Trinajstić information content (AvgIpc) is 3.12. The molecule has 6 rings (SSSR count). The van der Waals surface area contributed by atoms with Crippen LogP contribution in [0.2, 0.25) is 0 Å². The van der Waals surface area contributed by atoms with Gasteiger partial charge in [-0.1, -0.05) is 0 Å². The van der Waals surface area contributed by atoms with Crippen molar-refractivity contribution in [2.24, 2.45) is 5.41 Å². The van der Waals surface area contributed by atoms with Gasteiger partial charge in [-0.25, -0.2) is 0 Å². The summed E-state index contributed by atoms with van der Waals surface area (Å²) in [5, 5.41) is 2.03. The molecule has 0 radical (unpaired) electrons. The van der Waals surface area contributed by atoms with Gasteiger partial charge in [0.15, 0.2) is 11.5 Å². The number of likely N-dealkylation sites (tertiary alicyclic amines) is 1. The minimum atomic E-state index is 0.463. The Bertz CT molecular complexity index is 1440. The Balaban J connectivity index is 1.15. The van der Waals surface area contributed by atoms with Gasteiger partial charge in [-0.05, 0) is 89.0 Å². The van der Waals surface area contributed by atoms with Crippen LogP contribution in [-0.4, -0.2) is 61.4 Å². The van der Waals surface area contributed by atoms with Crippen LogP contribution in [0.3, 0.4) is 0 Å². The first kappa shape index (κ1) is 25.0. The molecule has 2 aliphatic heterocycles. The van der Waals surface area contributed by atoms with Crippen LogP contribution < -0.4 is 14.2 Å². The fraction of sp³-hybridized carbons (Fsp3) is 0.452. The number of fused-ring (bicyclic) bond motifs is 2. The van der Waals surface area contributed by atoms with E-state index in [0.29, 0.717) is 17.8 Å². The fourth-order valence-corrected chi connectivity index (χ4v) is 5.92. The van der Waals surface area contributed by atoms with Crippen molar-refractivity contribution >= 4 is 21.8 Å². The van der Waals surface area contributed by atoms with E-state index in [-0.39, 0.29) is 0 Å². The molecule has 7 nitrogen and oxygen atoms in total. The van der Waals surface area contributed by atoms with Crippen LogP contribution in [0.5, 0.6) is 23.0 Å². The molecular weight excluding hydrogens is 478 g/mol. The molecule has 2 saturated heterocycles. The monoisotopic (exact) mass is 515 g/mol. The van der Waals surface area contributed by atoms with Crippen molar-refractivity contribution in [3.05, 3.63) is 53.9 Å². The molecule has 1 spiro atoms. The second-order valence-corrected chi connectivity index (χ2v) is 10.9. The molecule has 2 aromatic carbocycles. The lowest BCUT2D eigenvalue weighted by atomic mass is 9.79. The summed E-state index contributed by atoms with van der Waals surface area (Å²) in [5.74, 6) is 2.98. The first-order valence-electron chi connectivity index (χ1n) is 13.7. The Hall–Kier alpha value is -3.29. The average molecular weight is 516 g/mol. The SMILES string of the molecule is COc1cc2c(Oc3ccc4[nH]c(C)cc4c3)ccnc2c(C)c1OCCCN1CCCC2(CC1)COC2. The van der Waals surface area contributed by atoms with Crippen molar-refractivity contribution in [1.82, 2.24) is 14.9 Å². The largest absolute Gasteiger partial charge is 0.493 e. The zero-order chi connectivity index (χ0) is 26.1. The summed E-state index contributed by atoms with van der Waals surface area (Å²) >= 11 is 0. The number of hydrogen-bond acceptors (Lipinski definition) is 6. The third kappa shape index (κ3) is 4.93. The lowest BCUT2D eigenvalue weighted by molar-refractivity contribution is -0.119. The van der Waals surface area contributed by atoms with E-state index in [1.54, 1.807) is 13.3 Å². The minimum Gasteiger partial charge on any atom is -0.493 e. The second kappa shape index (κ2) is 10.5. The summed E-state index contributed by atoms with van der Waals surface area (Å²) in [6.07, 6.45) is 6.57. The molecule has 4 aromatic rings. The number of ether oxygens (including phenoxy) is 4. The van der Waals surface area contributed by atoms with Crippen molar-refractivity contribution in [2.75, 3.05) is 46.6 Å². The third-order valence-electron chi connectivity index (χ3n) is 8.14. The fourth-order valence-electron chi connectivity index (χ4n) is 5.92. The number of H-pyrrole nitrogens is 1. The molecule has 200 valence electrons. The highest BCUT2D eigenvalue weighted by Crippen LogP contribution is 2.41. The van der Waals surface area contributed by atoms with E-state index < -0.39 is 0 Å². The molecule has 0 amide bonds. The molecule has 4 heterocycles. The van der Waals surface area contributed by atoms with Crippen LogP contribution >= 0.6 is 0 Å².